The lowest BCUT2D eigenvalue weighted by atomic mass is 9.43. The van der Waals surface area contributed by atoms with Crippen molar-refractivity contribution in [3.8, 4) is 33.9 Å². The first kappa shape index (κ1) is 48.8. The third kappa shape index (κ3) is 6.49. The van der Waals surface area contributed by atoms with Gasteiger partial charge in [0.2, 0.25) is 0 Å². The highest BCUT2D eigenvalue weighted by molar-refractivity contribution is 7.25. The number of anilines is 2. The quantitative estimate of drug-likeness (QED) is 0.166. The smallest absolute Gasteiger partial charge is 0.333 e. The predicted octanol–water partition coefficient (Wildman–Crippen LogP) is 19.3. The molecule has 17 rings (SSSR count). The number of hydrogen-bond acceptors (Lipinski definition) is 4. The van der Waals surface area contributed by atoms with Crippen LogP contribution in [0.3, 0.4) is 0 Å². The first-order valence-corrected chi connectivity index (χ1v) is 30.7. The van der Waals surface area contributed by atoms with E-state index in [1.165, 1.54) is 127 Å². The van der Waals surface area contributed by atoms with Crippen molar-refractivity contribution in [2.24, 2.45) is 0 Å². The number of para-hydroxylation sites is 2. The minimum absolute atomic E-state index is 0.00711. The monoisotopic (exact) mass is 1080 g/mol. The van der Waals surface area contributed by atoms with Crippen molar-refractivity contribution >= 4 is 115 Å². The molecule has 0 amide bonds. The van der Waals surface area contributed by atoms with E-state index in [9.17, 15) is 0 Å². The van der Waals surface area contributed by atoms with Crippen molar-refractivity contribution < 1.29 is 4.42 Å². The molecule has 4 aliphatic rings. The van der Waals surface area contributed by atoms with Crippen molar-refractivity contribution in [3.05, 3.63) is 186 Å². The Morgan fingerprint density at radius 2 is 1.12 bits per heavy atom. The van der Waals surface area contributed by atoms with E-state index in [2.05, 4.69) is 248 Å². The summed E-state index contributed by atoms with van der Waals surface area (Å²) >= 11 is 1.97. The van der Waals surface area contributed by atoms with E-state index in [0.717, 1.165) is 57.5 Å². The molecule has 82 heavy (non-hydrogen) atoms. The highest BCUT2D eigenvalue weighted by Crippen LogP contribution is 2.57. The van der Waals surface area contributed by atoms with Gasteiger partial charge in [0, 0.05) is 70.2 Å². The third-order valence-corrected chi connectivity index (χ3v) is 21.7. The molecule has 9 aromatic carbocycles. The average Bonchev–Trinajstić information content (AvgIpc) is 1.97. The van der Waals surface area contributed by atoms with Gasteiger partial charge >= 0.3 is 6.85 Å². The number of imidazole rings is 1. The van der Waals surface area contributed by atoms with Gasteiger partial charge in [-0.3, -0.25) is 4.57 Å². The van der Waals surface area contributed by atoms with E-state index in [1.54, 1.807) is 0 Å². The van der Waals surface area contributed by atoms with Crippen LogP contribution in [0.2, 0.25) is 0 Å². The Hall–Kier alpha value is -7.87. The van der Waals surface area contributed by atoms with Crippen LogP contribution < -0.4 is 15.7 Å². The lowest BCUT2D eigenvalue weighted by Gasteiger charge is -2.42. The first-order chi connectivity index (χ1) is 39.3. The molecule has 0 unspecified atom stereocenters. The SMILES string of the molecule is CC(C)(C)c1ccc(N2B3c4cc5nc(-c6ccccc6)n(-c6ccccc6)c5cc4-n4c5cc6c(cc5c5c7oc8ccccc8c7c(c3c54)-c3cc4sc5cc7c(cc5c4cc32)C(C)(C)CCC7(C)C)C(C)(C)CCC6(C)C)cc1. The van der Waals surface area contributed by atoms with Crippen LogP contribution in [0.25, 0.3) is 109 Å². The van der Waals surface area contributed by atoms with E-state index in [4.69, 9.17) is 9.40 Å². The summed E-state index contributed by atoms with van der Waals surface area (Å²) in [4.78, 5) is 8.47. The average molecular weight is 1080 g/mol. The van der Waals surface area contributed by atoms with Gasteiger partial charge in [-0.1, -0.05) is 155 Å². The minimum atomic E-state index is -0.251. The van der Waals surface area contributed by atoms with E-state index < -0.39 is 0 Å². The lowest BCUT2D eigenvalue weighted by Crippen LogP contribution is -2.60. The molecule has 0 saturated heterocycles. The highest BCUT2D eigenvalue weighted by atomic mass is 32.1. The molecule has 4 aromatic heterocycles. The van der Waals surface area contributed by atoms with E-state index in [-0.39, 0.29) is 33.9 Å². The molecule has 6 heterocycles. The lowest BCUT2D eigenvalue weighted by molar-refractivity contribution is 0.332. The predicted molar refractivity (Wildman–Crippen MR) is 349 cm³/mol. The standard InChI is InChI=1S/C75H67BN4OS/c1-71(2,3)43-26-28-45(29-27-43)80-58-36-48-47-34-51-54(75(10,11)33-31-72(51,4)5)39-63(47)82-62(48)37-50(58)64-65-46-24-18-19-25-61(46)81-69(65)66-49-35-52-53(74(8,9)32-30-73(52,6)7)38-57(49)79-59-41-60-56(40-55(59)76(80)67(64)68(66)79)77-70(42-20-14-12-15-21-42)78(60)44-22-16-13-17-23-44/h12-29,34-41H,30-33H2,1-11H3. The maximum atomic E-state index is 7.50. The fourth-order valence-electron chi connectivity index (χ4n) is 15.8. The largest absolute Gasteiger partial charge is 0.455 e. The molecule has 0 radical (unpaired) electrons. The van der Waals surface area contributed by atoms with Crippen LogP contribution in [-0.4, -0.2) is 21.0 Å². The number of benzene rings is 9. The van der Waals surface area contributed by atoms with Crippen LogP contribution in [0.4, 0.5) is 11.4 Å². The number of rotatable bonds is 3. The molecule has 402 valence electrons. The first-order valence-electron chi connectivity index (χ1n) is 29.9. The van der Waals surface area contributed by atoms with Gasteiger partial charge in [-0.2, -0.15) is 0 Å². The second kappa shape index (κ2) is 16.0. The summed E-state index contributed by atoms with van der Waals surface area (Å²) in [5, 5.41) is 7.48. The van der Waals surface area contributed by atoms with Gasteiger partial charge in [0.05, 0.1) is 27.5 Å². The molecule has 13 aromatic rings. The van der Waals surface area contributed by atoms with Gasteiger partial charge in [0.25, 0.3) is 0 Å². The van der Waals surface area contributed by atoms with Crippen molar-refractivity contribution in [1.82, 2.24) is 14.1 Å². The molecule has 2 aliphatic carbocycles. The Bertz CT molecular complexity index is 4960. The second-order valence-corrected chi connectivity index (χ2v) is 29.5. The summed E-state index contributed by atoms with van der Waals surface area (Å²) in [7, 11) is 0. The van der Waals surface area contributed by atoms with Gasteiger partial charge in [-0.15, -0.1) is 11.3 Å². The maximum Gasteiger partial charge on any atom is 0.333 e. The van der Waals surface area contributed by atoms with Crippen molar-refractivity contribution in [1.29, 1.82) is 0 Å². The van der Waals surface area contributed by atoms with E-state index >= 15 is 0 Å². The maximum absolute atomic E-state index is 7.50. The normalized spacial score (nSPS) is 17.4. The molecule has 0 bridgehead atoms. The van der Waals surface area contributed by atoms with Crippen LogP contribution in [0.5, 0.6) is 0 Å². The topological polar surface area (TPSA) is 39.1 Å². The highest BCUT2D eigenvalue weighted by Gasteiger charge is 2.48. The molecular weight excluding hydrogens is 1020 g/mol. The zero-order valence-electron chi connectivity index (χ0n) is 49.0. The van der Waals surface area contributed by atoms with Crippen molar-refractivity contribution in [2.75, 3.05) is 4.81 Å². The summed E-state index contributed by atoms with van der Waals surface area (Å²) in [6.45, 7) is 26.4. The van der Waals surface area contributed by atoms with E-state index in [0.29, 0.717) is 0 Å². The molecular formula is C75H67BN4OS. The summed E-state index contributed by atoms with van der Waals surface area (Å²) < 4.78 is 15.3. The van der Waals surface area contributed by atoms with Crippen LogP contribution in [0.15, 0.2) is 162 Å². The Morgan fingerprint density at radius 3 is 1.80 bits per heavy atom. The zero-order valence-corrected chi connectivity index (χ0v) is 49.8. The summed E-state index contributed by atoms with van der Waals surface area (Å²) in [5.41, 5.74) is 24.6. The van der Waals surface area contributed by atoms with Gasteiger partial charge < -0.3 is 13.8 Å². The van der Waals surface area contributed by atoms with Crippen molar-refractivity contribution in [3.63, 3.8) is 0 Å². The van der Waals surface area contributed by atoms with Crippen LogP contribution in [0, 0.1) is 0 Å². The number of nitrogens with zero attached hydrogens (tertiary/aromatic N) is 4. The van der Waals surface area contributed by atoms with Gasteiger partial charge in [-0.05, 0) is 176 Å². The molecule has 0 N–H and O–H groups in total. The number of furan rings is 1. The molecule has 0 saturated carbocycles. The third-order valence-electron chi connectivity index (χ3n) is 20.6. The van der Waals surface area contributed by atoms with E-state index in [1.807, 2.05) is 11.3 Å². The van der Waals surface area contributed by atoms with Crippen LogP contribution >= 0.6 is 11.3 Å². The molecule has 0 fully saturated rings. The summed E-state index contributed by atoms with van der Waals surface area (Å²) in [5.74, 6) is 0.927. The fourth-order valence-corrected chi connectivity index (χ4v) is 16.9. The second-order valence-electron chi connectivity index (χ2n) is 28.4. The summed E-state index contributed by atoms with van der Waals surface area (Å²) in [6.07, 6.45) is 4.62. The van der Waals surface area contributed by atoms with Crippen LogP contribution in [0.1, 0.15) is 130 Å². The van der Waals surface area contributed by atoms with Gasteiger partial charge in [0.15, 0.2) is 0 Å². The Labute approximate surface area is 484 Å². The van der Waals surface area contributed by atoms with Crippen LogP contribution in [-0.2, 0) is 27.1 Å². The summed E-state index contributed by atoms with van der Waals surface area (Å²) in [6, 6.07) is 60.5. The minimum Gasteiger partial charge on any atom is -0.455 e. The number of aromatic nitrogens is 3. The number of hydrogen-bond donors (Lipinski definition) is 0. The molecule has 0 spiro atoms. The van der Waals surface area contributed by atoms with Crippen molar-refractivity contribution in [2.45, 2.75) is 129 Å². The number of fused-ring (bicyclic) bond motifs is 19. The Morgan fingerprint density at radius 1 is 0.524 bits per heavy atom. The number of thiophene rings is 1. The Kier molecular flexibility index (Phi) is 9.53. The fraction of sp³-hybridized carbons (Fsp3) is 0.267. The molecule has 7 heteroatoms. The molecule has 2 aliphatic heterocycles. The zero-order chi connectivity index (χ0) is 55.9. The molecule has 5 nitrogen and oxygen atoms in total. The van der Waals surface area contributed by atoms with Gasteiger partial charge in [0.1, 0.15) is 17.0 Å². The van der Waals surface area contributed by atoms with Gasteiger partial charge in [-0.25, -0.2) is 4.98 Å². The Balaban J connectivity index is 1.09. The molecule has 0 atom stereocenters.